The molecule has 0 spiro atoms. The molecule has 1 aromatic heterocycles. The number of nitro benzene ring substituents is 1. The summed E-state index contributed by atoms with van der Waals surface area (Å²) in [7, 11) is 0. The summed E-state index contributed by atoms with van der Waals surface area (Å²) in [6.07, 6.45) is 0.813. The summed E-state index contributed by atoms with van der Waals surface area (Å²) in [5.41, 5.74) is 1.09. The standard InChI is InChI=1S/C14H13BrN2O4/c1-8-5-11(15)7-12(17(19)20)14(8)21-13-6-10(9(2)18)3-4-16-13/h3-7,9,18H,1-2H3/t9-/m0/s1. The zero-order valence-electron chi connectivity index (χ0n) is 11.4. The second-order valence-electron chi connectivity index (χ2n) is 4.53. The van der Waals surface area contributed by atoms with E-state index in [9.17, 15) is 15.2 Å². The molecule has 0 fully saturated rings. The Bertz CT molecular complexity index is 689. The molecule has 0 saturated carbocycles. The van der Waals surface area contributed by atoms with Gasteiger partial charge >= 0.3 is 5.69 Å². The first-order valence-corrected chi connectivity index (χ1v) is 6.94. The van der Waals surface area contributed by atoms with Gasteiger partial charge in [-0.25, -0.2) is 4.98 Å². The number of nitro groups is 1. The number of hydrogen-bond acceptors (Lipinski definition) is 5. The van der Waals surface area contributed by atoms with Crippen molar-refractivity contribution in [2.24, 2.45) is 0 Å². The number of aryl methyl sites for hydroxylation is 1. The minimum absolute atomic E-state index is 0.137. The van der Waals surface area contributed by atoms with Crippen LogP contribution < -0.4 is 4.74 Å². The molecule has 0 radical (unpaired) electrons. The molecule has 0 saturated heterocycles. The van der Waals surface area contributed by atoms with Crippen LogP contribution in [0.4, 0.5) is 5.69 Å². The molecule has 0 bridgehead atoms. The highest BCUT2D eigenvalue weighted by atomic mass is 79.9. The molecule has 0 unspecified atom stereocenters. The van der Waals surface area contributed by atoms with E-state index in [4.69, 9.17) is 4.74 Å². The molecule has 1 N–H and O–H groups in total. The lowest BCUT2D eigenvalue weighted by molar-refractivity contribution is -0.385. The topological polar surface area (TPSA) is 85.5 Å². The predicted octanol–water partition coefficient (Wildman–Crippen LogP) is 3.91. The van der Waals surface area contributed by atoms with Crippen molar-refractivity contribution >= 4 is 21.6 Å². The number of benzene rings is 1. The number of rotatable bonds is 4. The molecule has 0 aliphatic carbocycles. The number of ether oxygens (including phenoxy) is 1. The Labute approximate surface area is 129 Å². The number of hydrogen-bond donors (Lipinski definition) is 1. The molecule has 1 aromatic carbocycles. The quantitative estimate of drug-likeness (QED) is 0.665. The van der Waals surface area contributed by atoms with Gasteiger partial charge in [0.2, 0.25) is 11.6 Å². The zero-order valence-corrected chi connectivity index (χ0v) is 13.0. The number of aliphatic hydroxyl groups excluding tert-OH is 1. The lowest BCUT2D eigenvalue weighted by Gasteiger charge is -2.10. The molecular formula is C14H13BrN2O4. The van der Waals surface area contributed by atoms with Crippen molar-refractivity contribution in [1.29, 1.82) is 0 Å². The minimum atomic E-state index is -0.670. The number of pyridine rings is 1. The van der Waals surface area contributed by atoms with Crippen LogP contribution in [0.2, 0.25) is 0 Å². The maximum atomic E-state index is 11.1. The van der Waals surface area contributed by atoms with Gasteiger partial charge in [-0.15, -0.1) is 0 Å². The van der Waals surface area contributed by atoms with Crippen molar-refractivity contribution in [2.45, 2.75) is 20.0 Å². The summed E-state index contributed by atoms with van der Waals surface area (Å²) in [5, 5.41) is 20.7. The van der Waals surface area contributed by atoms with Crippen molar-refractivity contribution in [3.8, 4) is 11.6 Å². The number of halogens is 1. The first-order valence-electron chi connectivity index (χ1n) is 6.15. The molecule has 1 atom stereocenters. The van der Waals surface area contributed by atoms with E-state index in [1.165, 1.54) is 12.3 Å². The molecular weight excluding hydrogens is 340 g/mol. The Morgan fingerprint density at radius 3 is 2.76 bits per heavy atom. The SMILES string of the molecule is Cc1cc(Br)cc([N+](=O)[O-])c1Oc1cc([C@H](C)O)ccn1. The van der Waals surface area contributed by atoms with Crippen molar-refractivity contribution in [3.05, 3.63) is 56.2 Å². The highest BCUT2D eigenvalue weighted by molar-refractivity contribution is 9.10. The van der Waals surface area contributed by atoms with Crippen molar-refractivity contribution in [2.75, 3.05) is 0 Å². The van der Waals surface area contributed by atoms with Crippen molar-refractivity contribution in [3.63, 3.8) is 0 Å². The van der Waals surface area contributed by atoms with Crippen LogP contribution in [0.15, 0.2) is 34.9 Å². The number of nitrogens with zero attached hydrogens (tertiary/aromatic N) is 2. The van der Waals surface area contributed by atoms with E-state index in [0.717, 1.165) is 0 Å². The summed E-state index contributed by atoms with van der Waals surface area (Å²) in [5.74, 6) is 0.334. The number of aliphatic hydroxyl groups is 1. The van der Waals surface area contributed by atoms with Crippen molar-refractivity contribution < 1.29 is 14.8 Å². The average Bonchev–Trinajstić information content (AvgIpc) is 2.41. The molecule has 0 amide bonds. The van der Waals surface area contributed by atoms with Crippen LogP contribution >= 0.6 is 15.9 Å². The Morgan fingerprint density at radius 2 is 2.14 bits per heavy atom. The van der Waals surface area contributed by atoms with Crippen LogP contribution in [0.3, 0.4) is 0 Å². The Balaban J connectivity index is 2.44. The van der Waals surface area contributed by atoms with Gasteiger partial charge < -0.3 is 9.84 Å². The fourth-order valence-corrected chi connectivity index (χ4v) is 2.39. The third-order valence-electron chi connectivity index (χ3n) is 2.86. The fourth-order valence-electron chi connectivity index (χ4n) is 1.83. The Hall–Kier alpha value is -1.99. The summed E-state index contributed by atoms with van der Waals surface area (Å²) >= 11 is 3.22. The van der Waals surface area contributed by atoms with Gasteiger partial charge in [0.25, 0.3) is 0 Å². The largest absolute Gasteiger partial charge is 0.432 e. The van der Waals surface area contributed by atoms with E-state index in [0.29, 0.717) is 15.6 Å². The van der Waals surface area contributed by atoms with Crippen LogP contribution in [0, 0.1) is 17.0 Å². The van der Waals surface area contributed by atoms with Gasteiger partial charge in [-0.2, -0.15) is 0 Å². The number of aromatic nitrogens is 1. The lowest BCUT2D eigenvalue weighted by atomic mass is 10.2. The third-order valence-corrected chi connectivity index (χ3v) is 3.32. The van der Waals surface area contributed by atoms with Crippen LogP contribution in [0.5, 0.6) is 11.6 Å². The predicted molar refractivity (Wildman–Crippen MR) is 80.5 cm³/mol. The molecule has 0 aliphatic rings. The summed E-state index contributed by atoms with van der Waals surface area (Å²) < 4.78 is 6.16. The van der Waals surface area contributed by atoms with Crippen LogP contribution in [0.1, 0.15) is 24.2 Å². The molecule has 2 aromatic rings. The van der Waals surface area contributed by atoms with E-state index in [-0.39, 0.29) is 17.3 Å². The van der Waals surface area contributed by atoms with Crippen LogP contribution in [-0.2, 0) is 0 Å². The third kappa shape index (κ3) is 3.56. The van der Waals surface area contributed by atoms with Crippen LogP contribution in [-0.4, -0.2) is 15.0 Å². The van der Waals surface area contributed by atoms with Gasteiger partial charge in [0.1, 0.15) is 0 Å². The van der Waals surface area contributed by atoms with Gasteiger partial charge in [0.15, 0.2) is 0 Å². The maximum Gasteiger partial charge on any atom is 0.313 e. The van der Waals surface area contributed by atoms with Gasteiger partial charge in [-0.1, -0.05) is 15.9 Å². The second-order valence-corrected chi connectivity index (χ2v) is 5.45. The summed E-state index contributed by atoms with van der Waals surface area (Å²) in [4.78, 5) is 14.6. The molecule has 6 nitrogen and oxygen atoms in total. The molecule has 7 heteroatoms. The lowest BCUT2D eigenvalue weighted by Crippen LogP contribution is -1.98. The molecule has 0 aliphatic heterocycles. The zero-order chi connectivity index (χ0) is 15.6. The van der Waals surface area contributed by atoms with Gasteiger partial charge in [-0.05, 0) is 31.5 Å². The van der Waals surface area contributed by atoms with E-state index >= 15 is 0 Å². The maximum absolute atomic E-state index is 11.1. The van der Waals surface area contributed by atoms with Gasteiger partial charge in [0.05, 0.1) is 11.0 Å². The first-order chi connectivity index (χ1) is 9.88. The normalized spacial score (nSPS) is 12.0. The molecule has 2 rings (SSSR count). The molecule has 21 heavy (non-hydrogen) atoms. The smallest absolute Gasteiger partial charge is 0.313 e. The second kappa shape index (κ2) is 6.19. The van der Waals surface area contributed by atoms with E-state index in [1.54, 1.807) is 32.0 Å². The monoisotopic (exact) mass is 352 g/mol. The van der Waals surface area contributed by atoms with Gasteiger partial charge in [0, 0.05) is 28.4 Å². The highest BCUT2D eigenvalue weighted by Gasteiger charge is 2.20. The Morgan fingerprint density at radius 1 is 1.43 bits per heavy atom. The van der Waals surface area contributed by atoms with E-state index < -0.39 is 11.0 Å². The van der Waals surface area contributed by atoms with Crippen molar-refractivity contribution in [1.82, 2.24) is 4.98 Å². The first kappa shape index (κ1) is 15.4. The summed E-state index contributed by atoms with van der Waals surface area (Å²) in [6.45, 7) is 3.33. The van der Waals surface area contributed by atoms with Crippen LogP contribution in [0.25, 0.3) is 0 Å². The van der Waals surface area contributed by atoms with Gasteiger partial charge in [-0.3, -0.25) is 10.1 Å². The Kier molecular flexibility index (Phi) is 4.54. The molecule has 110 valence electrons. The van der Waals surface area contributed by atoms with E-state index in [2.05, 4.69) is 20.9 Å². The average molecular weight is 353 g/mol. The molecule has 1 heterocycles. The minimum Gasteiger partial charge on any atom is -0.432 e. The highest BCUT2D eigenvalue weighted by Crippen LogP contribution is 2.36. The van der Waals surface area contributed by atoms with E-state index in [1.807, 2.05) is 0 Å². The summed E-state index contributed by atoms with van der Waals surface area (Å²) in [6, 6.07) is 6.30. The fraction of sp³-hybridized carbons (Fsp3) is 0.214.